The summed E-state index contributed by atoms with van der Waals surface area (Å²) in [6, 6.07) is 7.90. The third-order valence-corrected chi connectivity index (χ3v) is 6.30. The molecule has 2 fully saturated rings. The first kappa shape index (κ1) is 20.4. The highest BCUT2D eigenvalue weighted by atomic mass is 16.5. The van der Waals surface area contributed by atoms with E-state index in [9.17, 15) is 5.11 Å². The fourth-order valence-electron chi connectivity index (χ4n) is 4.56. The van der Waals surface area contributed by atoms with Gasteiger partial charge >= 0.3 is 0 Å². The molecule has 0 bridgehead atoms. The number of pyridine rings is 1. The minimum Gasteiger partial charge on any atom is -0.475 e. The van der Waals surface area contributed by atoms with Crippen molar-refractivity contribution in [2.45, 2.75) is 38.1 Å². The van der Waals surface area contributed by atoms with Crippen LogP contribution in [0.4, 0.5) is 5.82 Å². The Bertz CT molecular complexity index is 1290. The summed E-state index contributed by atoms with van der Waals surface area (Å²) in [6.07, 6.45) is 4.68. The molecule has 2 aliphatic rings. The van der Waals surface area contributed by atoms with Crippen molar-refractivity contribution in [2.75, 3.05) is 31.3 Å². The smallest absolute Gasteiger partial charge is 0.231 e. The zero-order valence-corrected chi connectivity index (χ0v) is 18.3. The van der Waals surface area contributed by atoms with Crippen LogP contribution in [0.1, 0.15) is 19.8 Å². The van der Waals surface area contributed by atoms with Crippen LogP contribution < -0.4 is 15.0 Å². The lowest BCUT2D eigenvalue weighted by Gasteiger charge is -2.34. The van der Waals surface area contributed by atoms with Crippen molar-refractivity contribution in [1.29, 1.82) is 0 Å². The fourth-order valence-corrected chi connectivity index (χ4v) is 4.56. The lowest BCUT2D eigenvalue weighted by molar-refractivity contribution is 0.0987. The minimum atomic E-state index is -0.456. The van der Waals surface area contributed by atoms with E-state index in [0.29, 0.717) is 37.1 Å². The van der Waals surface area contributed by atoms with Crippen molar-refractivity contribution in [3.63, 3.8) is 0 Å². The minimum absolute atomic E-state index is 0.114. The van der Waals surface area contributed by atoms with Gasteiger partial charge in [-0.15, -0.1) is 5.10 Å². The second-order valence-corrected chi connectivity index (χ2v) is 8.63. The van der Waals surface area contributed by atoms with Gasteiger partial charge in [0.15, 0.2) is 11.4 Å². The van der Waals surface area contributed by atoms with E-state index in [-0.39, 0.29) is 12.1 Å². The molecule has 0 radical (unpaired) electrons. The number of aliphatic hydroxyl groups is 1. The van der Waals surface area contributed by atoms with Crippen LogP contribution in [0.5, 0.6) is 5.88 Å². The van der Waals surface area contributed by atoms with Gasteiger partial charge in [-0.2, -0.15) is 0 Å². The molecule has 2 saturated heterocycles. The number of ether oxygens (including phenoxy) is 2. The van der Waals surface area contributed by atoms with Gasteiger partial charge in [-0.05, 0) is 38.0 Å². The molecule has 1 unspecified atom stereocenters. The average molecular weight is 450 g/mol. The van der Waals surface area contributed by atoms with E-state index < -0.39 is 6.23 Å². The van der Waals surface area contributed by atoms with Gasteiger partial charge in [0.25, 0.3) is 0 Å². The standard InChI is InChI=1S/C23H26N6O4/c1-14-12-31-9-8-28(14)23-16-10-19(33-18(16)6-7-24-23)17-11-25-20-3-5-22(27-29(17)20)32-13-15-2-4-21(30)26-15/h3,5-7,10-11,14-15,21,26,30H,2,4,8-9,12-13H2,1H3/t14-,15+,21?/m0/s1. The van der Waals surface area contributed by atoms with Crippen molar-refractivity contribution in [1.82, 2.24) is 24.9 Å². The number of hydrogen-bond donors (Lipinski definition) is 2. The van der Waals surface area contributed by atoms with Gasteiger partial charge in [-0.1, -0.05) is 0 Å². The van der Waals surface area contributed by atoms with Crippen molar-refractivity contribution in [3.8, 4) is 17.3 Å². The molecule has 4 aromatic rings. The molecule has 3 atom stereocenters. The highest BCUT2D eigenvalue weighted by Gasteiger charge is 2.25. The van der Waals surface area contributed by atoms with Crippen LogP contribution in [-0.2, 0) is 4.74 Å². The largest absolute Gasteiger partial charge is 0.475 e. The fraction of sp³-hybridized carbons (Fsp3) is 0.435. The zero-order chi connectivity index (χ0) is 22.4. The number of imidazole rings is 1. The normalized spacial score (nSPS) is 23.6. The van der Waals surface area contributed by atoms with Crippen LogP contribution in [0.2, 0.25) is 0 Å². The summed E-state index contributed by atoms with van der Waals surface area (Å²) >= 11 is 0. The molecule has 6 heterocycles. The molecule has 33 heavy (non-hydrogen) atoms. The van der Waals surface area contributed by atoms with E-state index in [1.54, 1.807) is 23.0 Å². The number of morpholine rings is 1. The molecule has 0 aromatic carbocycles. The van der Waals surface area contributed by atoms with Crippen molar-refractivity contribution in [2.24, 2.45) is 0 Å². The Morgan fingerprint density at radius 2 is 2.18 bits per heavy atom. The second-order valence-electron chi connectivity index (χ2n) is 8.63. The van der Waals surface area contributed by atoms with Gasteiger partial charge in [0.2, 0.25) is 5.88 Å². The number of aromatic nitrogens is 4. The topological polar surface area (TPSA) is 110 Å². The maximum absolute atomic E-state index is 9.63. The van der Waals surface area contributed by atoms with Crippen molar-refractivity contribution >= 4 is 22.4 Å². The first-order valence-electron chi connectivity index (χ1n) is 11.3. The number of nitrogens with one attached hydrogen (secondary N) is 1. The molecule has 0 spiro atoms. The van der Waals surface area contributed by atoms with Gasteiger partial charge in [0.1, 0.15) is 29.9 Å². The number of fused-ring (bicyclic) bond motifs is 2. The molecule has 4 aromatic heterocycles. The van der Waals surface area contributed by atoms with E-state index in [0.717, 1.165) is 41.9 Å². The summed E-state index contributed by atoms with van der Waals surface area (Å²) in [4.78, 5) is 11.4. The number of nitrogens with zero attached hydrogens (tertiary/aromatic N) is 5. The lowest BCUT2D eigenvalue weighted by Crippen LogP contribution is -2.44. The van der Waals surface area contributed by atoms with Crippen molar-refractivity contribution < 1.29 is 19.0 Å². The molecule has 10 nitrogen and oxygen atoms in total. The summed E-state index contributed by atoms with van der Waals surface area (Å²) < 4.78 is 19.4. The number of rotatable bonds is 5. The monoisotopic (exact) mass is 450 g/mol. The highest BCUT2D eigenvalue weighted by Crippen LogP contribution is 2.34. The molecular formula is C23H26N6O4. The molecule has 0 aliphatic carbocycles. The third-order valence-electron chi connectivity index (χ3n) is 6.30. The van der Waals surface area contributed by atoms with Crippen LogP contribution in [-0.4, -0.2) is 69.4 Å². The zero-order valence-electron chi connectivity index (χ0n) is 18.3. The van der Waals surface area contributed by atoms with Gasteiger partial charge in [-0.3, -0.25) is 5.32 Å². The molecule has 10 heteroatoms. The summed E-state index contributed by atoms with van der Waals surface area (Å²) in [5, 5.41) is 18.3. The Morgan fingerprint density at radius 1 is 1.24 bits per heavy atom. The molecule has 6 rings (SSSR count). The molecule has 172 valence electrons. The second kappa shape index (κ2) is 8.29. The quantitative estimate of drug-likeness (QED) is 0.473. The predicted octanol–water partition coefficient (Wildman–Crippen LogP) is 2.21. The number of furan rings is 1. The Hall–Kier alpha value is -3.21. The predicted molar refractivity (Wildman–Crippen MR) is 121 cm³/mol. The first-order chi connectivity index (χ1) is 16.2. The van der Waals surface area contributed by atoms with E-state index in [4.69, 9.17) is 13.9 Å². The Labute approximate surface area is 190 Å². The van der Waals surface area contributed by atoms with Gasteiger partial charge in [0, 0.05) is 24.8 Å². The maximum atomic E-state index is 9.63. The lowest BCUT2D eigenvalue weighted by atomic mass is 10.2. The van der Waals surface area contributed by atoms with Crippen LogP contribution in [0.25, 0.3) is 28.1 Å². The molecule has 0 amide bonds. The summed E-state index contributed by atoms with van der Waals surface area (Å²) in [6.45, 7) is 4.73. The van der Waals surface area contributed by atoms with E-state index >= 15 is 0 Å². The number of hydrogen-bond acceptors (Lipinski definition) is 9. The van der Waals surface area contributed by atoms with Gasteiger partial charge in [0.05, 0.1) is 30.8 Å². The Kier molecular flexibility index (Phi) is 5.12. The summed E-state index contributed by atoms with van der Waals surface area (Å²) in [5.41, 5.74) is 2.20. The molecule has 2 aliphatic heterocycles. The summed E-state index contributed by atoms with van der Waals surface area (Å²) in [5.74, 6) is 2.05. The van der Waals surface area contributed by atoms with E-state index in [1.165, 1.54) is 0 Å². The third kappa shape index (κ3) is 3.79. The molecule has 0 saturated carbocycles. The Balaban J connectivity index is 1.32. The Morgan fingerprint density at radius 3 is 3.03 bits per heavy atom. The van der Waals surface area contributed by atoms with Crippen LogP contribution in [0, 0.1) is 0 Å². The van der Waals surface area contributed by atoms with Crippen molar-refractivity contribution in [3.05, 3.63) is 36.7 Å². The van der Waals surface area contributed by atoms with Crippen LogP contribution in [0.15, 0.2) is 41.1 Å². The maximum Gasteiger partial charge on any atom is 0.231 e. The molecule has 2 N–H and O–H groups in total. The summed E-state index contributed by atoms with van der Waals surface area (Å²) in [7, 11) is 0. The average Bonchev–Trinajstić information content (AvgIpc) is 3.55. The number of aliphatic hydroxyl groups excluding tert-OH is 1. The van der Waals surface area contributed by atoms with E-state index in [1.807, 2.05) is 18.2 Å². The molecular weight excluding hydrogens is 424 g/mol. The van der Waals surface area contributed by atoms with Crippen LogP contribution >= 0.6 is 0 Å². The van der Waals surface area contributed by atoms with E-state index in [2.05, 4.69) is 32.2 Å². The SMILES string of the molecule is C[C@H]1COCCN1c1nccc2oc(-c3cnc4ccc(OC[C@H]5CCC(O)N5)nn34)cc12. The highest BCUT2D eigenvalue weighted by molar-refractivity contribution is 5.92. The van der Waals surface area contributed by atoms with Gasteiger partial charge < -0.3 is 23.9 Å². The first-order valence-corrected chi connectivity index (χ1v) is 11.3. The number of anilines is 1. The van der Waals surface area contributed by atoms with Crippen LogP contribution in [0.3, 0.4) is 0 Å². The van der Waals surface area contributed by atoms with Gasteiger partial charge in [-0.25, -0.2) is 14.5 Å².